The molecule has 0 bridgehead atoms. The van der Waals surface area contributed by atoms with Crippen molar-refractivity contribution in [1.82, 2.24) is 5.32 Å². The molecule has 0 atom stereocenters. The van der Waals surface area contributed by atoms with Gasteiger partial charge in [-0.25, -0.2) is 0 Å². The second-order valence-electron chi connectivity index (χ2n) is 5.01. The number of hydrogen-bond donors (Lipinski definition) is 1. The summed E-state index contributed by atoms with van der Waals surface area (Å²) < 4.78 is 42.4. The number of alkyl halides is 3. The van der Waals surface area contributed by atoms with Crippen molar-refractivity contribution in [2.45, 2.75) is 19.6 Å². The van der Waals surface area contributed by atoms with Gasteiger partial charge in [0.15, 0.2) is 6.61 Å². The SMILES string of the molecule is Cc1ccccc1CNC(=O)COc1ccc(C(F)(F)F)cc1. The fourth-order valence-electron chi connectivity index (χ4n) is 1.94. The molecule has 0 fully saturated rings. The Balaban J connectivity index is 1.81. The molecule has 6 heteroatoms. The number of aryl methyl sites for hydroxylation is 1. The third-order valence-corrected chi connectivity index (χ3v) is 3.29. The van der Waals surface area contributed by atoms with Gasteiger partial charge in [0.05, 0.1) is 5.56 Å². The van der Waals surface area contributed by atoms with Crippen LogP contribution < -0.4 is 10.1 Å². The molecule has 0 spiro atoms. The highest BCUT2D eigenvalue weighted by Gasteiger charge is 2.30. The number of hydrogen-bond acceptors (Lipinski definition) is 2. The van der Waals surface area contributed by atoms with Gasteiger partial charge >= 0.3 is 6.18 Å². The number of ether oxygens (including phenoxy) is 1. The van der Waals surface area contributed by atoms with Crippen molar-refractivity contribution < 1.29 is 22.7 Å². The minimum atomic E-state index is -4.39. The van der Waals surface area contributed by atoms with E-state index in [9.17, 15) is 18.0 Å². The minimum absolute atomic E-state index is 0.212. The highest BCUT2D eigenvalue weighted by molar-refractivity contribution is 5.77. The quantitative estimate of drug-likeness (QED) is 0.911. The Labute approximate surface area is 132 Å². The maximum absolute atomic E-state index is 12.4. The summed E-state index contributed by atoms with van der Waals surface area (Å²) in [5.74, 6) is -0.128. The third kappa shape index (κ3) is 5.02. The van der Waals surface area contributed by atoms with Crippen LogP contribution in [0.15, 0.2) is 48.5 Å². The van der Waals surface area contributed by atoms with E-state index in [-0.39, 0.29) is 18.3 Å². The monoisotopic (exact) mass is 323 g/mol. The first kappa shape index (κ1) is 16.9. The molecule has 0 unspecified atom stereocenters. The minimum Gasteiger partial charge on any atom is -0.484 e. The van der Waals surface area contributed by atoms with Crippen molar-refractivity contribution in [3.63, 3.8) is 0 Å². The van der Waals surface area contributed by atoms with E-state index in [0.717, 1.165) is 23.3 Å². The smallest absolute Gasteiger partial charge is 0.416 e. The molecule has 23 heavy (non-hydrogen) atoms. The second kappa shape index (κ2) is 7.17. The number of benzene rings is 2. The van der Waals surface area contributed by atoms with E-state index in [1.807, 2.05) is 31.2 Å². The largest absolute Gasteiger partial charge is 0.484 e. The molecule has 122 valence electrons. The van der Waals surface area contributed by atoms with Gasteiger partial charge in [0.2, 0.25) is 0 Å². The average Bonchev–Trinajstić information content (AvgIpc) is 2.51. The Morgan fingerprint density at radius 2 is 1.74 bits per heavy atom. The summed E-state index contributed by atoms with van der Waals surface area (Å²) in [6, 6.07) is 11.9. The Hall–Kier alpha value is -2.50. The Kier molecular flexibility index (Phi) is 5.26. The summed E-state index contributed by atoms with van der Waals surface area (Å²) in [7, 11) is 0. The maximum atomic E-state index is 12.4. The van der Waals surface area contributed by atoms with E-state index in [1.54, 1.807) is 0 Å². The van der Waals surface area contributed by atoms with Gasteiger partial charge in [0, 0.05) is 6.54 Å². The maximum Gasteiger partial charge on any atom is 0.416 e. The van der Waals surface area contributed by atoms with Gasteiger partial charge in [-0.3, -0.25) is 4.79 Å². The molecule has 0 aliphatic carbocycles. The molecular formula is C17H16F3NO2. The van der Waals surface area contributed by atoms with Crippen molar-refractivity contribution in [1.29, 1.82) is 0 Å². The van der Waals surface area contributed by atoms with Gasteiger partial charge in [-0.05, 0) is 42.3 Å². The van der Waals surface area contributed by atoms with Crippen LogP contribution in [0.3, 0.4) is 0 Å². The molecule has 0 heterocycles. The molecule has 2 aromatic carbocycles. The molecule has 0 aliphatic rings. The van der Waals surface area contributed by atoms with Crippen molar-refractivity contribution >= 4 is 5.91 Å². The number of carbonyl (C=O) groups is 1. The lowest BCUT2D eigenvalue weighted by Crippen LogP contribution is -2.28. The predicted molar refractivity (Wildman–Crippen MR) is 80.0 cm³/mol. The fraction of sp³-hybridized carbons (Fsp3) is 0.235. The molecule has 0 aromatic heterocycles. The Bertz CT molecular complexity index is 666. The molecule has 1 amide bonds. The van der Waals surface area contributed by atoms with Crippen LogP contribution in [0.2, 0.25) is 0 Å². The van der Waals surface area contributed by atoms with Crippen LogP contribution in [-0.4, -0.2) is 12.5 Å². The van der Waals surface area contributed by atoms with Gasteiger partial charge in [0.25, 0.3) is 5.91 Å². The van der Waals surface area contributed by atoms with E-state index in [0.29, 0.717) is 6.54 Å². The fourth-order valence-corrected chi connectivity index (χ4v) is 1.94. The molecule has 0 saturated carbocycles. The van der Waals surface area contributed by atoms with Gasteiger partial charge in [-0.2, -0.15) is 13.2 Å². The normalized spacial score (nSPS) is 11.1. The van der Waals surface area contributed by atoms with Gasteiger partial charge in [-0.1, -0.05) is 24.3 Å². The van der Waals surface area contributed by atoms with Crippen molar-refractivity contribution in [3.05, 3.63) is 65.2 Å². The number of carbonyl (C=O) groups excluding carboxylic acids is 1. The van der Waals surface area contributed by atoms with E-state index in [4.69, 9.17) is 4.74 Å². The van der Waals surface area contributed by atoms with Crippen LogP contribution in [0.25, 0.3) is 0 Å². The van der Waals surface area contributed by atoms with Crippen LogP contribution in [0.4, 0.5) is 13.2 Å². The Morgan fingerprint density at radius 3 is 2.35 bits per heavy atom. The van der Waals surface area contributed by atoms with E-state index >= 15 is 0 Å². The molecule has 0 aliphatic heterocycles. The second-order valence-corrected chi connectivity index (χ2v) is 5.01. The van der Waals surface area contributed by atoms with Crippen LogP contribution >= 0.6 is 0 Å². The zero-order chi connectivity index (χ0) is 16.9. The topological polar surface area (TPSA) is 38.3 Å². The number of amides is 1. The number of nitrogens with one attached hydrogen (secondary N) is 1. The number of rotatable bonds is 5. The van der Waals surface area contributed by atoms with E-state index in [2.05, 4.69) is 5.32 Å². The molecule has 0 saturated heterocycles. The molecule has 3 nitrogen and oxygen atoms in total. The molecule has 2 aromatic rings. The highest BCUT2D eigenvalue weighted by Crippen LogP contribution is 2.30. The molecule has 0 radical (unpaired) electrons. The third-order valence-electron chi connectivity index (χ3n) is 3.29. The van der Waals surface area contributed by atoms with Crippen LogP contribution in [0, 0.1) is 6.92 Å². The van der Waals surface area contributed by atoms with Crippen LogP contribution in [-0.2, 0) is 17.5 Å². The lowest BCUT2D eigenvalue weighted by molar-refractivity contribution is -0.137. The standard InChI is InChI=1S/C17H16F3NO2/c1-12-4-2-3-5-13(12)10-21-16(22)11-23-15-8-6-14(7-9-15)17(18,19)20/h2-9H,10-11H2,1H3,(H,21,22). The number of halogens is 3. The zero-order valence-corrected chi connectivity index (χ0v) is 12.5. The first-order valence-corrected chi connectivity index (χ1v) is 6.97. The molecule has 2 rings (SSSR count). The predicted octanol–water partition coefficient (Wildman–Crippen LogP) is 3.71. The summed E-state index contributed by atoms with van der Waals surface area (Å²) in [4.78, 5) is 11.7. The zero-order valence-electron chi connectivity index (χ0n) is 12.5. The van der Waals surface area contributed by atoms with E-state index in [1.165, 1.54) is 12.1 Å². The highest BCUT2D eigenvalue weighted by atomic mass is 19.4. The van der Waals surface area contributed by atoms with Crippen molar-refractivity contribution in [2.75, 3.05) is 6.61 Å². The summed E-state index contributed by atoms with van der Waals surface area (Å²) in [5.41, 5.74) is 1.31. The summed E-state index contributed by atoms with van der Waals surface area (Å²) in [5, 5.41) is 2.70. The van der Waals surface area contributed by atoms with Gasteiger partial charge in [0.1, 0.15) is 5.75 Å². The van der Waals surface area contributed by atoms with Gasteiger partial charge < -0.3 is 10.1 Å². The average molecular weight is 323 g/mol. The molecular weight excluding hydrogens is 307 g/mol. The summed E-state index contributed by atoms with van der Waals surface area (Å²) in [6.45, 7) is 2.07. The molecule has 1 N–H and O–H groups in total. The van der Waals surface area contributed by atoms with Crippen molar-refractivity contribution in [3.8, 4) is 5.75 Å². The lowest BCUT2D eigenvalue weighted by Gasteiger charge is -2.10. The van der Waals surface area contributed by atoms with Crippen molar-refractivity contribution in [2.24, 2.45) is 0 Å². The van der Waals surface area contributed by atoms with Crippen LogP contribution in [0.5, 0.6) is 5.75 Å². The first-order valence-electron chi connectivity index (χ1n) is 6.97. The summed E-state index contributed by atoms with van der Waals surface area (Å²) in [6.07, 6.45) is -4.39. The van der Waals surface area contributed by atoms with E-state index < -0.39 is 11.7 Å². The summed E-state index contributed by atoms with van der Waals surface area (Å²) >= 11 is 0. The Morgan fingerprint density at radius 1 is 1.09 bits per heavy atom. The lowest BCUT2D eigenvalue weighted by atomic mass is 10.1. The first-order chi connectivity index (χ1) is 10.9. The van der Waals surface area contributed by atoms with Crippen LogP contribution in [0.1, 0.15) is 16.7 Å². The van der Waals surface area contributed by atoms with Gasteiger partial charge in [-0.15, -0.1) is 0 Å².